The van der Waals surface area contributed by atoms with Crippen LogP contribution in [0.25, 0.3) is 10.2 Å². The Morgan fingerprint density at radius 3 is 2.48 bits per heavy atom. The highest BCUT2D eigenvalue weighted by Crippen LogP contribution is 2.22. The first-order chi connectivity index (χ1) is 11.2. The smallest absolute Gasteiger partial charge is 0.357 e. The lowest BCUT2D eigenvalue weighted by Crippen LogP contribution is -2.11. The Labute approximate surface area is 135 Å². The number of pyridine rings is 1. The molecule has 116 valence electrons. The van der Waals surface area contributed by atoms with Crippen molar-refractivity contribution in [1.29, 1.82) is 0 Å². The van der Waals surface area contributed by atoms with Gasteiger partial charge in [0, 0.05) is 0 Å². The average Bonchev–Trinajstić information content (AvgIpc) is 3.02. The van der Waals surface area contributed by atoms with E-state index in [0.29, 0.717) is 5.01 Å². The van der Waals surface area contributed by atoms with Gasteiger partial charge >= 0.3 is 11.9 Å². The second kappa shape index (κ2) is 6.53. The van der Waals surface area contributed by atoms with Crippen molar-refractivity contribution in [2.24, 2.45) is 0 Å². The molecule has 0 aliphatic carbocycles. The zero-order valence-corrected chi connectivity index (χ0v) is 13.0. The molecule has 0 spiro atoms. The molecule has 3 aromatic rings. The van der Waals surface area contributed by atoms with Gasteiger partial charge in [0.2, 0.25) is 0 Å². The maximum Gasteiger partial charge on any atom is 0.357 e. The van der Waals surface area contributed by atoms with Gasteiger partial charge in [0.05, 0.1) is 17.3 Å². The normalized spacial score (nSPS) is 10.5. The molecule has 0 radical (unpaired) electrons. The summed E-state index contributed by atoms with van der Waals surface area (Å²) >= 11 is 1.46. The molecule has 0 saturated carbocycles. The van der Waals surface area contributed by atoms with Crippen LogP contribution in [0.5, 0.6) is 0 Å². The Bertz CT molecular complexity index is 842. The number of thiazole rings is 1. The molecule has 0 bridgehead atoms. The van der Waals surface area contributed by atoms with Gasteiger partial charge in [0.1, 0.15) is 23.0 Å². The van der Waals surface area contributed by atoms with Crippen LogP contribution in [0.1, 0.15) is 26.0 Å². The van der Waals surface area contributed by atoms with Crippen molar-refractivity contribution in [3.05, 3.63) is 58.9 Å². The number of nitrogens with zero attached hydrogens (tertiary/aromatic N) is 2. The summed E-state index contributed by atoms with van der Waals surface area (Å²) in [5.74, 6) is -1.22. The molecule has 3 rings (SSSR count). The molecule has 0 aliphatic heterocycles. The molecule has 0 unspecified atom stereocenters. The van der Waals surface area contributed by atoms with Gasteiger partial charge in [0.25, 0.3) is 0 Å². The third-order valence-electron chi connectivity index (χ3n) is 3.02. The lowest BCUT2D eigenvalue weighted by atomic mass is 10.3. The number of carbonyl (C=O) groups is 2. The first-order valence-electron chi connectivity index (χ1n) is 6.74. The van der Waals surface area contributed by atoms with Gasteiger partial charge in [0.15, 0.2) is 0 Å². The molecular weight excluding hydrogens is 316 g/mol. The van der Waals surface area contributed by atoms with Crippen molar-refractivity contribution in [2.75, 3.05) is 7.11 Å². The molecule has 0 saturated heterocycles. The SMILES string of the molecule is COC(=O)c1cccc(C(=O)OCc2nc3ccccc3s2)n1. The second-order valence-corrected chi connectivity index (χ2v) is 5.67. The lowest BCUT2D eigenvalue weighted by Gasteiger charge is -2.03. The Hall–Kier alpha value is -2.80. The number of rotatable bonds is 4. The number of hydrogen-bond acceptors (Lipinski definition) is 7. The van der Waals surface area contributed by atoms with Gasteiger partial charge in [-0.1, -0.05) is 18.2 Å². The van der Waals surface area contributed by atoms with Crippen LogP contribution < -0.4 is 0 Å². The van der Waals surface area contributed by atoms with Crippen molar-refractivity contribution in [1.82, 2.24) is 9.97 Å². The number of benzene rings is 1. The Morgan fingerprint density at radius 2 is 1.74 bits per heavy atom. The Balaban J connectivity index is 1.70. The van der Waals surface area contributed by atoms with E-state index in [2.05, 4.69) is 14.7 Å². The highest BCUT2D eigenvalue weighted by atomic mass is 32.1. The molecule has 6 nitrogen and oxygen atoms in total. The number of esters is 2. The molecule has 0 N–H and O–H groups in total. The minimum absolute atomic E-state index is 0.0500. The maximum absolute atomic E-state index is 12.0. The van der Waals surface area contributed by atoms with Gasteiger partial charge < -0.3 is 9.47 Å². The van der Waals surface area contributed by atoms with Crippen LogP contribution in [-0.4, -0.2) is 29.0 Å². The third-order valence-corrected chi connectivity index (χ3v) is 4.03. The summed E-state index contributed by atoms with van der Waals surface area (Å²) in [5, 5.41) is 0.698. The predicted octanol–water partition coefficient (Wildman–Crippen LogP) is 2.83. The summed E-state index contributed by atoms with van der Waals surface area (Å²) in [7, 11) is 1.25. The molecule has 7 heteroatoms. The molecule has 0 fully saturated rings. The van der Waals surface area contributed by atoms with Crippen molar-refractivity contribution in [2.45, 2.75) is 6.61 Å². The van der Waals surface area contributed by atoms with Crippen LogP contribution in [0.3, 0.4) is 0 Å². The number of methoxy groups -OCH3 is 1. The van der Waals surface area contributed by atoms with Crippen LogP contribution in [0.4, 0.5) is 0 Å². The van der Waals surface area contributed by atoms with Crippen LogP contribution >= 0.6 is 11.3 Å². The molecule has 1 aromatic carbocycles. The topological polar surface area (TPSA) is 78.4 Å². The van der Waals surface area contributed by atoms with Crippen LogP contribution in [0, 0.1) is 0 Å². The summed E-state index contributed by atoms with van der Waals surface area (Å²) in [6, 6.07) is 12.2. The lowest BCUT2D eigenvalue weighted by molar-refractivity contribution is 0.0465. The molecule has 2 aromatic heterocycles. The number of carbonyl (C=O) groups excluding carboxylic acids is 2. The first-order valence-corrected chi connectivity index (χ1v) is 7.56. The van der Waals surface area contributed by atoms with Crippen LogP contribution in [-0.2, 0) is 16.1 Å². The van der Waals surface area contributed by atoms with Crippen molar-refractivity contribution in [3.8, 4) is 0 Å². The number of ether oxygens (including phenoxy) is 2. The zero-order chi connectivity index (χ0) is 16.2. The van der Waals surface area contributed by atoms with Gasteiger partial charge in [-0.15, -0.1) is 11.3 Å². The molecule has 0 aliphatic rings. The summed E-state index contributed by atoms with van der Waals surface area (Å²) < 4.78 is 10.8. The van der Waals surface area contributed by atoms with E-state index in [-0.39, 0.29) is 18.0 Å². The largest absolute Gasteiger partial charge is 0.464 e. The van der Waals surface area contributed by atoms with E-state index < -0.39 is 11.9 Å². The summed E-state index contributed by atoms with van der Waals surface area (Å²) in [6.45, 7) is 0.0578. The summed E-state index contributed by atoms with van der Waals surface area (Å²) in [4.78, 5) is 31.8. The van der Waals surface area contributed by atoms with Gasteiger partial charge in [-0.3, -0.25) is 0 Å². The number of hydrogen-bond donors (Lipinski definition) is 0. The standard InChI is InChI=1S/C16H12N2O4S/c1-21-15(19)11-6-4-7-12(17-11)16(20)22-9-14-18-10-5-2-3-8-13(10)23-14/h2-8H,9H2,1H3. The van der Waals surface area contributed by atoms with Crippen LogP contribution in [0.15, 0.2) is 42.5 Å². The zero-order valence-electron chi connectivity index (χ0n) is 12.2. The number of para-hydroxylation sites is 1. The van der Waals surface area contributed by atoms with Gasteiger partial charge in [-0.2, -0.15) is 0 Å². The Morgan fingerprint density at radius 1 is 1.00 bits per heavy atom. The van der Waals surface area contributed by atoms with E-state index in [0.717, 1.165) is 10.2 Å². The molecule has 0 amide bonds. The van der Waals surface area contributed by atoms with Gasteiger partial charge in [-0.05, 0) is 24.3 Å². The quantitative estimate of drug-likeness (QED) is 0.685. The fourth-order valence-corrected chi connectivity index (χ4v) is 2.83. The first kappa shape index (κ1) is 15.1. The highest BCUT2D eigenvalue weighted by molar-refractivity contribution is 7.18. The van der Waals surface area contributed by atoms with E-state index >= 15 is 0 Å². The van der Waals surface area contributed by atoms with Crippen molar-refractivity contribution >= 4 is 33.5 Å². The fraction of sp³-hybridized carbons (Fsp3) is 0.125. The van der Waals surface area contributed by atoms with E-state index in [1.807, 2.05) is 24.3 Å². The number of fused-ring (bicyclic) bond motifs is 1. The highest BCUT2D eigenvalue weighted by Gasteiger charge is 2.14. The minimum atomic E-state index is -0.616. The third kappa shape index (κ3) is 3.35. The molecule has 0 atom stereocenters. The van der Waals surface area contributed by atoms with E-state index in [4.69, 9.17) is 4.74 Å². The van der Waals surface area contributed by atoms with E-state index in [9.17, 15) is 9.59 Å². The predicted molar refractivity (Wildman–Crippen MR) is 84.3 cm³/mol. The maximum atomic E-state index is 12.0. The Kier molecular flexibility index (Phi) is 4.29. The van der Waals surface area contributed by atoms with Crippen LogP contribution in [0.2, 0.25) is 0 Å². The van der Waals surface area contributed by atoms with Crippen molar-refractivity contribution in [3.63, 3.8) is 0 Å². The van der Waals surface area contributed by atoms with Gasteiger partial charge in [-0.25, -0.2) is 19.6 Å². The average molecular weight is 328 g/mol. The molecule has 2 heterocycles. The monoisotopic (exact) mass is 328 g/mol. The summed E-state index contributed by atoms with van der Waals surface area (Å²) in [6.07, 6.45) is 0. The molecule has 23 heavy (non-hydrogen) atoms. The fourth-order valence-electron chi connectivity index (χ4n) is 1.95. The minimum Gasteiger partial charge on any atom is -0.464 e. The second-order valence-electron chi connectivity index (χ2n) is 4.55. The molecular formula is C16H12N2O4S. The number of aromatic nitrogens is 2. The van der Waals surface area contributed by atoms with E-state index in [1.165, 1.54) is 30.6 Å². The van der Waals surface area contributed by atoms with E-state index in [1.54, 1.807) is 6.07 Å². The van der Waals surface area contributed by atoms with Crippen molar-refractivity contribution < 1.29 is 19.1 Å². The summed E-state index contributed by atoms with van der Waals surface area (Å²) in [5.41, 5.74) is 0.977.